The number of nitrogens with one attached hydrogen (secondary N) is 1. The summed E-state index contributed by atoms with van der Waals surface area (Å²) in [5, 5.41) is 3.40. The summed E-state index contributed by atoms with van der Waals surface area (Å²) in [7, 11) is 1.62. The molecule has 3 aromatic rings. The first-order chi connectivity index (χ1) is 14.6. The Morgan fingerprint density at radius 2 is 1.97 bits per heavy atom. The molecule has 1 aromatic carbocycles. The Balaban J connectivity index is 1.36. The largest absolute Gasteiger partial charge is 0.497 e. The van der Waals surface area contributed by atoms with E-state index in [2.05, 4.69) is 15.3 Å². The second kappa shape index (κ2) is 9.04. The van der Waals surface area contributed by atoms with Crippen molar-refractivity contribution >= 4 is 23.2 Å². The molecule has 0 aliphatic carbocycles. The third kappa shape index (κ3) is 4.49. The molecule has 1 N–H and O–H groups in total. The Morgan fingerprint density at radius 1 is 1.17 bits per heavy atom. The Bertz CT molecular complexity index is 1010. The van der Waals surface area contributed by atoms with Crippen LogP contribution < -0.4 is 10.1 Å². The van der Waals surface area contributed by atoms with Gasteiger partial charge in [-0.15, -0.1) is 11.3 Å². The summed E-state index contributed by atoms with van der Waals surface area (Å²) in [6.07, 6.45) is 4.59. The van der Waals surface area contributed by atoms with E-state index in [1.807, 2.05) is 29.2 Å². The van der Waals surface area contributed by atoms with Gasteiger partial charge in [-0.25, -0.2) is 4.98 Å². The van der Waals surface area contributed by atoms with Gasteiger partial charge in [0, 0.05) is 49.7 Å². The smallest absolute Gasteiger partial charge is 0.280 e. The quantitative estimate of drug-likeness (QED) is 0.683. The van der Waals surface area contributed by atoms with Crippen molar-refractivity contribution in [2.75, 3.05) is 20.2 Å². The molecule has 0 fully saturated rings. The molecule has 0 saturated heterocycles. The molecule has 4 rings (SSSR count). The van der Waals surface area contributed by atoms with Crippen LogP contribution in [0.25, 0.3) is 0 Å². The number of carbonyl (C=O) groups excluding carboxylic acids is 2. The number of methoxy groups -OCH3 is 1. The van der Waals surface area contributed by atoms with E-state index in [4.69, 9.17) is 4.74 Å². The molecule has 8 heteroatoms. The maximum atomic E-state index is 12.7. The molecule has 154 valence electrons. The molecule has 7 nitrogen and oxygen atoms in total. The predicted octanol–water partition coefficient (Wildman–Crippen LogP) is 2.72. The van der Waals surface area contributed by atoms with Gasteiger partial charge in [0.25, 0.3) is 11.8 Å². The van der Waals surface area contributed by atoms with Crippen LogP contribution in [0.3, 0.4) is 0 Å². The highest BCUT2D eigenvalue weighted by Gasteiger charge is 2.24. The maximum Gasteiger partial charge on any atom is 0.280 e. The van der Waals surface area contributed by atoms with Crippen LogP contribution in [0.2, 0.25) is 0 Å². The first-order valence-corrected chi connectivity index (χ1v) is 10.5. The van der Waals surface area contributed by atoms with Crippen molar-refractivity contribution in [1.29, 1.82) is 0 Å². The van der Waals surface area contributed by atoms with Crippen molar-refractivity contribution in [2.45, 2.75) is 19.4 Å². The molecule has 2 aromatic heterocycles. The molecule has 2 amide bonds. The zero-order chi connectivity index (χ0) is 20.9. The van der Waals surface area contributed by atoms with E-state index in [0.29, 0.717) is 43.0 Å². The summed E-state index contributed by atoms with van der Waals surface area (Å²) in [5.74, 6) is 0.590. The molecule has 0 spiro atoms. The maximum absolute atomic E-state index is 12.7. The molecule has 0 saturated carbocycles. The van der Waals surface area contributed by atoms with E-state index in [1.165, 1.54) is 11.3 Å². The summed E-state index contributed by atoms with van der Waals surface area (Å²) in [6.45, 7) is 1.62. The number of carbonyl (C=O) groups is 2. The highest BCUT2D eigenvalue weighted by Crippen LogP contribution is 2.24. The number of thiazole rings is 1. The third-order valence-electron chi connectivity index (χ3n) is 5.01. The fourth-order valence-electron chi connectivity index (χ4n) is 3.34. The van der Waals surface area contributed by atoms with Crippen LogP contribution in [0, 0.1) is 0 Å². The fourth-order valence-corrected chi connectivity index (χ4v) is 4.35. The minimum absolute atomic E-state index is 0.0179. The lowest BCUT2D eigenvalue weighted by molar-refractivity contribution is 0.0762. The van der Waals surface area contributed by atoms with Crippen molar-refractivity contribution in [3.05, 3.63) is 75.5 Å². The SMILES string of the molecule is COc1ccc(CNC(=O)c2nc3c(s2)CCN(C(=O)c2cccnc2)CC3)cc1. The molecular weight excluding hydrogens is 400 g/mol. The third-order valence-corrected chi connectivity index (χ3v) is 6.16. The monoisotopic (exact) mass is 422 g/mol. The second-order valence-corrected chi connectivity index (χ2v) is 8.04. The van der Waals surface area contributed by atoms with Gasteiger partial charge >= 0.3 is 0 Å². The number of amides is 2. The van der Waals surface area contributed by atoms with Crippen molar-refractivity contribution in [3.8, 4) is 5.75 Å². The number of nitrogens with zero attached hydrogens (tertiary/aromatic N) is 3. The average Bonchev–Trinajstić information content (AvgIpc) is 3.11. The topological polar surface area (TPSA) is 84.4 Å². The summed E-state index contributed by atoms with van der Waals surface area (Å²) in [5.41, 5.74) is 2.50. The van der Waals surface area contributed by atoms with Crippen molar-refractivity contribution < 1.29 is 14.3 Å². The van der Waals surface area contributed by atoms with Crippen molar-refractivity contribution in [1.82, 2.24) is 20.2 Å². The van der Waals surface area contributed by atoms with Gasteiger partial charge in [-0.3, -0.25) is 14.6 Å². The Hall–Kier alpha value is -3.26. The first-order valence-electron chi connectivity index (χ1n) is 9.73. The molecule has 3 heterocycles. The number of hydrogen-bond donors (Lipinski definition) is 1. The van der Waals surface area contributed by atoms with Crippen LogP contribution in [-0.4, -0.2) is 46.9 Å². The first kappa shape index (κ1) is 20.0. The van der Waals surface area contributed by atoms with E-state index in [9.17, 15) is 9.59 Å². The minimum atomic E-state index is -0.174. The zero-order valence-electron chi connectivity index (χ0n) is 16.6. The van der Waals surface area contributed by atoms with Crippen molar-refractivity contribution in [3.63, 3.8) is 0 Å². The highest BCUT2D eigenvalue weighted by molar-refractivity contribution is 7.13. The molecule has 30 heavy (non-hydrogen) atoms. The van der Waals surface area contributed by atoms with E-state index >= 15 is 0 Å². The molecule has 0 bridgehead atoms. The molecule has 0 unspecified atom stereocenters. The normalized spacial score (nSPS) is 13.3. The summed E-state index contributed by atoms with van der Waals surface area (Å²) < 4.78 is 5.14. The molecular formula is C22H22N4O3S. The van der Waals surface area contributed by atoms with Crippen LogP contribution >= 0.6 is 11.3 Å². The van der Waals surface area contributed by atoms with Crippen LogP contribution in [0.5, 0.6) is 5.75 Å². The minimum Gasteiger partial charge on any atom is -0.497 e. The van der Waals surface area contributed by atoms with Gasteiger partial charge in [0.2, 0.25) is 0 Å². The van der Waals surface area contributed by atoms with Gasteiger partial charge in [0.1, 0.15) is 5.75 Å². The number of fused-ring (bicyclic) bond motifs is 1. The standard InChI is InChI=1S/C22H22N4O3S/c1-29-17-6-4-15(5-7-17)13-24-20(27)21-25-18-8-11-26(12-9-19(18)30-21)22(28)16-3-2-10-23-14-16/h2-7,10,14H,8-9,11-13H2,1H3,(H,24,27). The lowest BCUT2D eigenvalue weighted by atomic mass is 10.2. The van der Waals surface area contributed by atoms with E-state index in [0.717, 1.165) is 21.9 Å². The van der Waals surface area contributed by atoms with Gasteiger partial charge in [0.15, 0.2) is 5.01 Å². The Morgan fingerprint density at radius 3 is 2.70 bits per heavy atom. The van der Waals surface area contributed by atoms with Crippen LogP contribution in [-0.2, 0) is 19.4 Å². The summed E-state index contributed by atoms with van der Waals surface area (Å²) in [4.78, 5) is 36.7. The zero-order valence-corrected chi connectivity index (χ0v) is 17.4. The van der Waals surface area contributed by atoms with Gasteiger partial charge in [-0.2, -0.15) is 0 Å². The molecule has 0 atom stereocenters. The van der Waals surface area contributed by atoms with Gasteiger partial charge in [-0.05, 0) is 29.8 Å². The number of rotatable bonds is 5. The number of pyridine rings is 1. The van der Waals surface area contributed by atoms with Crippen LogP contribution in [0.4, 0.5) is 0 Å². The van der Waals surface area contributed by atoms with Crippen molar-refractivity contribution in [2.24, 2.45) is 0 Å². The number of hydrogen-bond acceptors (Lipinski definition) is 6. The van der Waals surface area contributed by atoms with Gasteiger partial charge in [0.05, 0.1) is 18.4 Å². The Kier molecular flexibility index (Phi) is 6.04. The lowest BCUT2D eigenvalue weighted by Crippen LogP contribution is -2.33. The summed E-state index contributed by atoms with van der Waals surface area (Å²) in [6, 6.07) is 11.1. The van der Waals surface area contributed by atoms with E-state index in [-0.39, 0.29) is 11.8 Å². The Labute approximate surface area is 178 Å². The van der Waals surface area contributed by atoms with E-state index in [1.54, 1.807) is 31.6 Å². The number of benzene rings is 1. The van der Waals surface area contributed by atoms with Gasteiger partial charge in [-0.1, -0.05) is 12.1 Å². The number of aromatic nitrogens is 2. The van der Waals surface area contributed by atoms with Crippen LogP contribution in [0.15, 0.2) is 48.8 Å². The van der Waals surface area contributed by atoms with Crippen LogP contribution in [0.1, 0.15) is 36.3 Å². The fraction of sp³-hybridized carbons (Fsp3) is 0.273. The predicted molar refractivity (Wildman–Crippen MR) is 114 cm³/mol. The lowest BCUT2D eigenvalue weighted by Gasteiger charge is -2.20. The highest BCUT2D eigenvalue weighted by atomic mass is 32.1. The number of ether oxygens (including phenoxy) is 1. The van der Waals surface area contributed by atoms with Gasteiger partial charge < -0.3 is 15.0 Å². The molecule has 1 aliphatic heterocycles. The average molecular weight is 423 g/mol. The molecule has 0 radical (unpaired) electrons. The van der Waals surface area contributed by atoms with E-state index < -0.39 is 0 Å². The second-order valence-electron chi connectivity index (χ2n) is 6.95. The summed E-state index contributed by atoms with van der Waals surface area (Å²) >= 11 is 1.41. The molecule has 1 aliphatic rings.